The van der Waals surface area contributed by atoms with Crippen molar-refractivity contribution in [2.45, 2.75) is 64.0 Å². The number of ether oxygens (including phenoxy) is 1. The Balaban J connectivity index is 1.74. The number of amides is 1. The molecule has 2 rings (SSSR count). The fraction of sp³-hybridized carbons (Fsp3) is 0.929. The maximum atomic E-state index is 11.9. The molecule has 0 radical (unpaired) electrons. The molecule has 0 unspecified atom stereocenters. The maximum absolute atomic E-state index is 11.9. The summed E-state index contributed by atoms with van der Waals surface area (Å²) in [5.74, 6) is 0.691. The molecule has 1 aliphatic carbocycles. The van der Waals surface area contributed by atoms with Crippen molar-refractivity contribution in [1.29, 1.82) is 0 Å². The van der Waals surface area contributed by atoms with Crippen LogP contribution < -0.4 is 5.73 Å². The first-order valence-electron chi connectivity index (χ1n) is 7.04. The van der Waals surface area contributed by atoms with Crippen molar-refractivity contribution in [2.24, 2.45) is 11.7 Å². The van der Waals surface area contributed by atoms with Crippen LogP contribution in [0.5, 0.6) is 0 Å². The minimum absolute atomic E-state index is 0.138. The lowest BCUT2D eigenvalue weighted by molar-refractivity contribution is 0.0178. The molecule has 2 N–H and O–H groups in total. The first-order chi connectivity index (χ1) is 8.27. The molecule has 1 heterocycles. The average Bonchev–Trinajstić information content (AvgIpc) is 2.94. The number of hydrogen-bond donors (Lipinski definition) is 1. The number of nitrogens with two attached hydrogens (primary N) is 1. The number of hydrogen-bond acceptors (Lipinski definition) is 3. The molecule has 4 heteroatoms. The number of carbonyl (C=O) groups is 1. The number of carbonyl (C=O) groups excluding carboxylic acids is 1. The topological polar surface area (TPSA) is 55.6 Å². The van der Waals surface area contributed by atoms with Gasteiger partial charge in [-0.1, -0.05) is 0 Å². The van der Waals surface area contributed by atoms with Crippen molar-refractivity contribution in [3.05, 3.63) is 0 Å². The molecule has 1 saturated carbocycles. The summed E-state index contributed by atoms with van der Waals surface area (Å²) in [6, 6.07) is 0. The molecule has 1 saturated heterocycles. The minimum Gasteiger partial charge on any atom is -0.444 e. The molecule has 2 fully saturated rings. The highest BCUT2D eigenvalue weighted by atomic mass is 16.6. The van der Waals surface area contributed by atoms with Gasteiger partial charge in [-0.3, -0.25) is 0 Å². The zero-order valence-electron chi connectivity index (χ0n) is 11.9. The number of likely N-dealkylation sites (tertiary alicyclic amines) is 1. The Morgan fingerprint density at radius 2 is 1.89 bits per heavy atom. The standard InChI is InChI=1S/C14H26N2O2/c1-13(2,3)18-12(17)16-8-4-11(5-9-16)10-14(15)6-7-14/h11H,4-10,15H2,1-3H3. The van der Waals surface area contributed by atoms with Gasteiger partial charge in [0.2, 0.25) is 0 Å². The number of piperidine rings is 1. The van der Waals surface area contributed by atoms with Gasteiger partial charge in [-0.25, -0.2) is 4.79 Å². The summed E-state index contributed by atoms with van der Waals surface area (Å²) >= 11 is 0. The van der Waals surface area contributed by atoms with Crippen molar-refractivity contribution in [3.8, 4) is 0 Å². The minimum atomic E-state index is -0.400. The highest BCUT2D eigenvalue weighted by molar-refractivity contribution is 5.68. The van der Waals surface area contributed by atoms with Gasteiger partial charge in [-0.15, -0.1) is 0 Å². The van der Waals surface area contributed by atoms with Crippen molar-refractivity contribution in [3.63, 3.8) is 0 Å². The molecular weight excluding hydrogens is 228 g/mol. The van der Waals surface area contributed by atoms with Gasteiger partial charge in [0.05, 0.1) is 0 Å². The van der Waals surface area contributed by atoms with Gasteiger partial charge in [-0.2, -0.15) is 0 Å². The van der Waals surface area contributed by atoms with Gasteiger partial charge >= 0.3 is 6.09 Å². The molecular formula is C14H26N2O2. The Morgan fingerprint density at radius 1 is 1.33 bits per heavy atom. The van der Waals surface area contributed by atoms with E-state index in [1.54, 1.807) is 0 Å². The summed E-state index contributed by atoms with van der Waals surface area (Å²) in [5, 5.41) is 0. The fourth-order valence-corrected chi connectivity index (χ4v) is 2.59. The Bertz CT molecular complexity index is 310. The predicted octanol–water partition coefficient (Wildman–Crippen LogP) is 2.51. The lowest BCUT2D eigenvalue weighted by atomic mass is 9.89. The highest BCUT2D eigenvalue weighted by Gasteiger charge is 2.40. The SMILES string of the molecule is CC(C)(C)OC(=O)N1CCC(CC2(N)CC2)CC1. The van der Waals surface area contributed by atoms with E-state index in [4.69, 9.17) is 10.5 Å². The molecule has 2 aliphatic rings. The molecule has 1 aliphatic heterocycles. The van der Waals surface area contributed by atoms with E-state index in [2.05, 4.69) is 0 Å². The van der Waals surface area contributed by atoms with Gasteiger partial charge in [0.1, 0.15) is 5.60 Å². The fourth-order valence-electron chi connectivity index (χ4n) is 2.59. The molecule has 0 atom stereocenters. The summed E-state index contributed by atoms with van der Waals surface area (Å²) in [6.07, 6.45) is 5.46. The summed E-state index contributed by atoms with van der Waals surface area (Å²) < 4.78 is 5.39. The number of rotatable bonds is 2. The third kappa shape index (κ3) is 3.87. The van der Waals surface area contributed by atoms with Gasteiger partial charge < -0.3 is 15.4 Å². The molecule has 0 aromatic heterocycles. The third-order valence-corrected chi connectivity index (χ3v) is 3.85. The zero-order valence-corrected chi connectivity index (χ0v) is 11.9. The van der Waals surface area contributed by atoms with Crippen molar-refractivity contribution in [2.75, 3.05) is 13.1 Å². The second-order valence-electron chi connectivity index (χ2n) is 6.98. The van der Waals surface area contributed by atoms with E-state index < -0.39 is 5.60 Å². The molecule has 0 bridgehead atoms. The van der Waals surface area contributed by atoms with Crippen LogP contribution >= 0.6 is 0 Å². The molecule has 0 spiro atoms. The monoisotopic (exact) mass is 254 g/mol. The van der Waals surface area contributed by atoms with E-state index >= 15 is 0 Å². The largest absolute Gasteiger partial charge is 0.444 e. The Kier molecular flexibility index (Phi) is 3.58. The first kappa shape index (κ1) is 13.7. The smallest absolute Gasteiger partial charge is 0.410 e. The van der Waals surface area contributed by atoms with Crippen LogP contribution in [0.25, 0.3) is 0 Å². The molecule has 0 aromatic carbocycles. The zero-order chi connectivity index (χ0) is 13.4. The van der Waals surface area contributed by atoms with E-state index in [0.29, 0.717) is 5.92 Å². The van der Waals surface area contributed by atoms with E-state index in [-0.39, 0.29) is 11.6 Å². The van der Waals surface area contributed by atoms with E-state index in [1.807, 2.05) is 25.7 Å². The van der Waals surface area contributed by atoms with Gasteiger partial charge in [-0.05, 0) is 58.8 Å². The molecule has 0 aromatic rings. The van der Waals surface area contributed by atoms with Crippen LogP contribution in [0.1, 0.15) is 52.9 Å². The van der Waals surface area contributed by atoms with Crippen molar-refractivity contribution in [1.82, 2.24) is 4.90 Å². The predicted molar refractivity (Wildman–Crippen MR) is 71.3 cm³/mol. The van der Waals surface area contributed by atoms with E-state index in [1.165, 1.54) is 12.8 Å². The summed E-state index contributed by atoms with van der Waals surface area (Å²) in [6.45, 7) is 7.35. The van der Waals surface area contributed by atoms with Crippen LogP contribution in [0.3, 0.4) is 0 Å². The normalized spacial score (nSPS) is 23.9. The molecule has 1 amide bonds. The van der Waals surface area contributed by atoms with Crippen molar-refractivity contribution >= 4 is 6.09 Å². The lowest BCUT2D eigenvalue weighted by Gasteiger charge is -2.34. The van der Waals surface area contributed by atoms with Crippen LogP contribution in [-0.2, 0) is 4.74 Å². The Morgan fingerprint density at radius 3 is 2.33 bits per heavy atom. The average molecular weight is 254 g/mol. The number of nitrogens with zero attached hydrogens (tertiary/aromatic N) is 1. The molecule has 18 heavy (non-hydrogen) atoms. The van der Waals surface area contributed by atoms with E-state index in [0.717, 1.165) is 32.4 Å². The van der Waals surface area contributed by atoms with Crippen LogP contribution in [-0.4, -0.2) is 35.2 Å². The van der Waals surface area contributed by atoms with Gasteiger partial charge in [0.25, 0.3) is 0 Å². The van der Waals surface area contributed by atoms with Crippen LogP contribution in [0.15, 0.2) is 0 Å². The van der Waals surface area contributed by atoms with Gasteiger partial charge in [0, 0.05) is 18.6 Å². The summed E-state index contributed by atoms with van der Waals surface area (Å²) in [7, 11) is 0. The highest BCUT2D eigenvalue weighted by Crippen LogP contribution is 2.40. The first-order valence-corrected chi connectivity index (χ1v) is 7.04. The van der Waals surface area contributed by atoms with Crippen molar-refractivity contribution < 1.29 is 9.53 Å². The lowest BCUT2D eigenvalue weighted by Crippen LogP contribution is -2.42. The molecule has 104 valence electrons. The maximum Gasteiger partial charge on any atom is 0.410 e. The van der Waals surface area contributed by atoms with Gasteiger partial charge in [0.15, 0.2) is 0 Å². The molecule has 4 nitrogen and oxygen atoms in total. The third-order valence-electron chi connectivity index (χ3n) is 3.85. The quantitative estimate of drug-likeness (QED) is 0.823. The Labute approximate surface area is 110 Å². The van der Waals surface area contributed by atoms with Crippen LogP contribution in [0, 0.1) is 5.92 Å². The summed E-state index contributed by atoms with van der Waals surface area (Å²) in [4.78, 5) is 13.7. The Hall–Kier alpha value is -0.770. The second kappa shape index (κ2) is 4.72. The van der Waals surface area contributed by atoms with Crippen LogP contribution in [0.2, 0.25) is 0 Å². The van der Waals surface area contributed by atoms with E-state index in [9.17, 15) is 4.79 Å². The second-order valence-corrected chi connectivity index (χ2v) is 6.98. The van der Waals surface area contributed by atoms with Crippen LogP contribution in [0.4, 0.5) is 4.79 Å². The summed E-state index contributed by atoms with van der Waals surface area (Å²) in [5.41, 5.74) is 5.89.